The molecule has 1 N–H and O–H groups in total. The van der Waals surface area contributed by atoms with Gasteiger partial charge in [-0.1, -0.05) is 18.2 Å². The van der Waals surface area contributed by atoms with Crippen molar-refractivity contribution in [3.05, 3.63) is 29.8 Å². The number of carbonyl (C=O) groups excluding carboxylic acids is 1. The summed E-state index contributed by atoms with van der Waals surface area (Å²) >= 11 is 11.9. The third kappa shape index (κ3) is 2.82. The molecule has 0 saturated heterocycles. The number of nitrogens with one attached hydrogen (secondary N) is 1. The maximum atomic E-state index is 12.0. The molecule has 5 heteroatoms. The van der Waals surface area contributed by atoms with Crippen LogP contribution in [0.1, 0.15) is 18.9 Å². The first-order valence-electron chi connectivity index (χ1n) is 6.19. The fraction of sp³-hybridized carbons (Fsp3) is 0.500. The minimum atomic E-state index is -0.915. The molecule has 0 spiro atoms. The molecule has 0 unspecified atom stereocenters. The quantitative estimate of drug-likeness (QED) is 0.849. The smallest absolute Gasteiger partial charge is 0.229 e. The normalized spacial score (nSPS) is 23.8. The van der Waals surface area contributed by atoms with Crippen LogP contribution in [0.4, 0.5) is 0 Å². The molecule has 0 aliphatic heterocycles. The molecule has 1 saturated carbocycles. The molecular weight excluding hydrogens is 285 g/mol. The zero-order chi connectivity index (χ0) is 14.1. The van der Waals surface area contributed by atoms with Crippen molar-refractivity contribution < 1.29 is 9.53 Å². The monoisotopic (exact) mass is 301 g/mol. The molecule has 1 aromatic rings. The van der Waals surface area contributed by atoms with Gasteiger partial charge in [-0.15, -0.1) is 23.2 Å². The van der Waals surface area contributed by atoms with Gasteiger partial charge < -0.3 is 10.1 Å². The van der Waals surface area contributed by atoms with Crippen molar-refractivity contribution in [3.8, 4) is 5.75 Å². The van der Waals surface area contributed by atoms with Gasteiger partial charge in [-0.3, -0.25) is 4.79 Å². The first kappa shape index (κ1) is 14.5. The molecule has 2 rings (SSSR count). The lowest BCUT2D eigenvalue weighted by Gasteiger charge is -2.13. The minimum absolute atomic E-state index is 0.0904. The van der Waals surface area contributed by atoms with E-state index in [4.69, 9.17) is 27.9 Å². The van der Waals surface area contributed by atoms with Crippen molar-refractivity contribution in [2.75, 3.05) is 13.7 Å². The van der Waals surface area contributed by atoms with Gasteiger partial charge in [0.1, 0.15) is 10.1 Å². The van der Waals surface area contributed by atoms with Crippen LogP contribution >= 0.6 is 23.2 Å². The number of amides is 1. The largest absolute Gasteiger partial charge is 0.496 e. The van der Waals surface area contributed by atoms with E-state index in [1.807, 2.05) is 24.3 Å². The van der Waals surface area contributed by atoms with Crippen LogP contribution in [0.5, 0.6) is 5.75 Å². The third-order valence-electron chi connectivity index (χ3n) is 3.63. The van der Waals surface area contributed by atoms with E-state index in [0.29, 0.717) is 19.4 Å². The maximum absolute atomic E-state index is 12.0. The molecule has 0 bridgehead atoms. The molecule has 0 aromatic heterocycles. The average molecular weight is 302 g/mol. The van der Waals surface area contributed by atoms with Crippen LogP contribution in [0, 0.1) is 5.41 Å². The Morgan fingerprint density at radius 3 is 2.63 bits per heavy atom. The Bertz CT molecular complexity index is 490. The molecule has 0 radical (unpaired) electrons. The van der Waals surface area contributed by atoms with Gasteiger partial charge in [-0.25, -0.2) is 0 Å². The van der Waals surface area contributed by atoms with E-state index >= 15 is 0 Å². The van der Waals surface area contributed by atoms with Crippen molar-refractivity contribution in [2.45, 2.75) is 24.1 Å². The summed E-state index contributed by atoms with van der Waals surface area (Å²) in [6.07, 6.45) is 1.22. The van der Waals surface area contributed by atoms with Gasteiger partial charge in [0.15, 0.2) is 0 Å². The highest BCUT2D eigenvalue weighted by Crippen LogP contribution is 2.63. The Morgan fingerprint density at radius 2 is 2.05 bits per heavy atom. The van der Waals surface area contributed by atoms with Crippen LogP contribution in [0.2, 0.25) is 0 Å². The van der Waals surface area contributed by atoms with Crippen LogP contribution in [-0.4, -0.2) is 23.9 Å². The molecule has 0 heterocycles. The lowest BCUT2D eigenvalue weighted by atomic mass is 10.1. The molecule has 1 aliphatic carbocycles. The Morgan fingerprint density at radius 1 is 1.42 bits per heavy atom. The second kappa shape index (κ2) is 5.22. The molecule has 1 amide bonds. The van der Waals surface area contributed by atoms with Gasteiger partial charge in [0, 0.05) is 6.54 Å². The number of hydrogen-bond donors (Lipinski definition) is 1. The molecular formula is C14H17Cl2NO2. The van der Waals surface area contributed by atoms with Crippen LogP contribution in [0.15, 0.2) is 24.3 Å². The summed E-state index contributed by atoms with van der Waals surface area (Å²) in [6.45, 7) is 2.32. The van der Waals surface area contributed by atoms with Crippen molar-refractivity contribution in [1.82, 2.24) is 5.32 Å². The SMILES string of the molecule is COc1ccccc1CCNC(=O)[C@@]1(C)CC1(Cl)Cl. The Hall–Kier alpha value is -0.930. The van der Waals surface area contributed by atoms with Gasteiger partial charge in [-0.05, 0) is 31.4 Å². The van der Waals surface area contributed by atoms with Gasteiger partial charge in [0.2, 0.25) is 5.91 Å². The summed E-state index contributed by atoms with van der Waals surface area (Å²) in [5.41, 5.74) is 0.408. The Labute approximate surface area is 123 Å². The van der Waals surface area contributed by atoms with Gasteiger partial charge in [0.25, 0.3) is 0 Å². The van der Waals surface area contributed by atoms with Crippen LogP contribution in [0.3, 0.4) is 0 Å². The van der Waals surface area contributed by atoms with E-state index in [1.54, 1.807) is 14.0 Å². The average Bonchev–Trinajstić information content (AvgIpc) is 2.90. The highest BCUT2D eigenvalue weighted by Gasteiger charge is 2.67. The molecule has 3 nitrogen and oxygen atoms in total. The van der Waals surface area contributed by atoms with E-state index in [1.165, 1.54) is 0 Å². The molecule has 1 aromatic carbocycles. The lowest BCUT2D eigenvalue weighted by molar-refractivity contribution is -0.125. The number of hydrogen-bond acceptors (Lipinski definition) is 2. The first-order chi connectivity index (χ1) is 8.90. The third-order valence-corrected chi connectivity index (χ3v) is 4.73. The van der Waals surface area contributed by atoms with Gasteiger partial charge >= 0.3 is 0 Å². The van der Waals surface area contributed by atoms with E-state index in [0.717, 1.165) is 11.3 Å². The molecule has 1 aliphatic rings. The van der Waals surface area contributed by atoms with Crippen molar-refractivity contribution in [1.29, 1.82) is 0 Å². The first-order valence-corrected chi connectivity index (χ1v) is 6.94. The molecule has 104 valence electrons. The molecule has 19 heavy (non-hydrogen) atoms. The van der Waals surface area contributed by atoms with Crippen LogP contribution in [0.25, 0.3) is 0 Å². The van der Waals surface area contributed by atoms with E-state index in [9.17, 15) is 4.79 Å². The van der Waals surface area contributed by atoms with Crippen molar-refractivity contribution in [3.63, 3.8) is 0 Å². The van der Waals surface area contributed by atoms with E-state index in [2.05, 4.69) is 5.32 Å². The summed E-state index contributed by atoms with van der Waals surface area (Å²) < 4.78 is 4.35. The standard InChI is InChI=1S/C14H17Cl2NO2/c1-13(9-14(13,15)16)12(18)17-8-7-10-5-3-4-6-11(10)19-2/h3-6H,7-9H2,1-2H3,(H,17,18)/t13-/m1/s1. The number of rotatable bonds is 5. The highest BCUT2D eigenvalue weighted by molar-refractivity contribution is 6.53. The zero-order valence-corrected chi connectivity index (χ0v) is 12.5. The predicted octanol–water partition coefficient (Wildman–Crippen LogP) is 2.94. The second-order valence-corrected chi connectivity index (χ2v) is 6.51. The number of ether oxygens (including phenoxy) is 1. The fourth-order valence-electron chi connectivity index (χ4n) is 2.06. The van der Waals surface area contributed by atoms with E-state index < -0.39 is 9.75 Å². The summed E-state index contributed by atoms with van der Waals surface area (Å²) in [5, 5.41) is 2.88. The number of carbonyl (C=O) groups is 1. The van der Waals surface area contributed by atoms with Crippen molar-refractivity contribution >= 4 is 29.1 Å². The number of alkyl halides is 2. The minimum Gasteiger partial charge on any atom is -0.496 e. The molecule has 1 fully saturated rings. The number of benzene rings is 1. The van der Waals surface area contributed by atoms with Crippen LogP contribution in [-0.2, 0) is 11.2 Å². The number of para-hydroxylation sites is 1. The number of methoxy groups -OCH3 is 1. The Kier molecular flexibility index (Phi) is 3.98. The van der Waals surface area contributed by atoms with Crippen LogP contribution < -0.4 is 10.1 Å². The highest BCUT2D eigenvalue weighted by atomic mass is 35.5. The fourth-order valence-corrected chi connectivity index (χ4v) is 2.77. The lowest BCUT2D eigenvalue weighted by Crippen LogP contribution is -2.34. The second-order valence-electron chi connectivity index (χ2n) is 5.03. The molecule has 1 atom stereocenters. The summed E-state index contributed by atoms with van der Waals surface area (Å²) in [4.78, 5) is 12.0. The van der Waals surface area contributed by atoms with Crippen molar-refractivity contribution in [2.24, 2.45) is 5.41 Å². The van der Waals surface area contributed by atoms with E-state index in [-0.39, 0.29) is 5.91 Å². The maximum Gasteiger partial charge on any atom is 0.229 e. The van der Waals surface area contributed by atoms with Gasteiger partial charge in [0.05, 0.1) is 12.5 Å². The van der Waals surface area contributed by atoms with Gasteiger partial charge in [-0.2, -0.15) is 0 Å². The zero-order valence-electron chi connectivity index (χ0n) is 11.0. The topological polar surface area (TPSA) is 38.3 Å². The Balaban J connectivity index is 1.86. The summed E-state index contributed by atoms with van der Waals surface area (Å²) in [5.74, 6) is 0.741. The predicted molar refractivity (Wildman–Crippen MR) is 76.9 cm³/mol. The summed E-state index contributed by atoms with van der Waals surface area (Å²) in [7, 11) is 1.64. The summed E-state index contributed by atoms with van der Waals surface area (Å²) in [6, 6.07) is 7.76. The number of halogens is 2.